The number of carboxylic acid groups (broad SMARTS) is 1. The van der Waals surface area contributed by atoms with Crippen LogP contribution in [0.15, 0.2) is 27.1 Å². The molecule has 0 aliphatic carbocycles. The molecule has 0 radical (unpaired) electrons. The number of amides is 1. The molecule has 18 heavy (non-hydrogen) atoms. The number of carboxylic acids is 1. The van der Waals surface area contributed by atoms with Crippen molar-refractivity contribution in [3.63, 3.8) is 0 Å². The Hall–Kier alpha value is -0.880. The Morgan fingerprint density at radius 2 is 1.83 bits per heavy atom. The standard InChI is InChI=1S/C12H13Br2NO3/c1-6(7(2)12(17)18)11(16)15-10-5-8(13)3-4-9(10)14/h3-7H,1-2H3,(H,15,16)(H,17,18). The van der Waals surface area contributed by atoms with Gasteiger partial charge in [0, 0.05) is 14.9 Å². The Balaban J connectivity index is 2.81. The van der Waals surface area contributed by atoms with Crippen LogP contribution in [0.4, 0.5) is 5.69 Å². The van der Waals surface area contributed by atoms with Gasteiger partial charge < -0.3 is 10.4 Å². The molecule has 2 unspecified atom stereocenters. The Labute approximate surface area is 122 Å². The highest BCUT2D eigenvalue weighted by atomic mass is 79.9. The first kappa shape index (κ1) is 15.2. The van der Waals surface area contributed by atoms with E-state index in [2.05, 4.69) is 37.2 Å². The summed E-state index contributed by atoms with van der Waals surface area (Å²) in [6.07, 6.45) is 0. The van der Waals surface area contributed by atoms with Crippen molar-refractivity contribution in [2.75, 3.05) is 5.32 Å². The van der Waals surface area contributed by atoms with E-state index < -0.39 is 17.8 Å². The molecule has 98 valence electrons. The Morgan fingerprint density at radius 3 is 2.39 bits per heavy atom. The zero-order valence-electron chi connectivity index (χ0n) is 9.91. The van der Waals surface area contributed by atoms with Gasteiger partial charge in [-0.05, 0) is 34.1 Å². The predicted molar refractivity (Wildman–Crippen MR) is 76.4 cm³/mol. The van der Waals surface area contributed by atoms with E-state index in [9.17, 15) is 9.59 Å². The molecule has 1 aromatic carbocycles. The van der Waals surface area contributed by atoms with Gasteiger partial charge in [-0.1, -0.05) is 29.8 Å². The number of carbonyl (C=O) groups is 2. The molecule has 0 bridgehead atoms. The van der Waals surface area contributed by atoms with Gasteiger partial charge in [0.1, 0.15) is 0 Å². The first-order valence-electron chi connectivity index (χ1n) is 5.31. The highest BCUT2D eigenvalue weighted by molar-refractivity contribution is 9.11. The van der Waals surface area contributed by atoms with Crippen LogP contribution in [0.25, 0.3) is 0 Å². The molecular formula is C12H13Br2NO3. The molecule has 2 N–H and O–H groups in total. The number of anilines is 1. The Morgan fingerprint density at radius 1 is 1.22 bits per heavy atom. The van der Waals surface area contributed by atoms with E-state index in [0.29, 0.717) is 5.69 Å². The molecule has 0 aliphatic rings. The second-order valence-corrected chi connectivity index (χ2v) is 5.80. The zero-order chi connectivity index (χ0) is 13.9. The van der Waals surface area contributed by atoms with Gasteiger partial charge in [-0.2, -0.15) is 0 Å². The van der Waals surface area contributed by atoms with E-state index in [1.165, 1.54) is 6.92 Å². The summed E-state index contributed by atoms with van der Waals surface area (Å²) < 4.78 is 1.58. The summed E-state index contributed by atoms with van der Waals surface area (Å²) in [5, 5.41) is 11.6. The van der Waals surface area contributed by atoms with Crippen LogP contribution in [0.1, 0.15) is 13.8 Å². The number of nitrogens with one attached hydrogen (secondary N) is 1. The highest BCUT2D eigenvalue weighted by Gasteiger charge is 2.26. The maximum atomic E-state index is 11.9. The molecule has 2 atom stereocenters. The maximum Gasteiger partial charge on any atom is 0.307 e. The monoisotopic (exact) mass is 377 g/mol. The lowest BCUT2D eigenvalue weighted by molar-refractivity contribution is -0.145. The van der Waals surface area contributed by atoms with Gasteiger partial charge in [-0.25, -0.2) is 0 Å². The van der Waals surface area contributed by atoms with Gasteiger partial charge in [0.25, 0.3) is 0 Å². The van der Waals surface area contributed by atoms with Crippen molar-refractivity contribution < 1.29 is 14.7 Å². The topological polar surface area (TPSA) is 66.4 Å². The van der Waals surface area contributed by atoms with Crippen molar-refractivity contribution in [3.05, 3.63) is 27.1 Å². The van der Waals surface area contributed by atoms with Crippen LogP contribution in [0.5, 0.6) is 0 Å². The molecule has 1 rings (SSSR count). The van der Waals surface area contributed by atoms with Gasteiger partial charge in [-0.3, -0.25) is 9.59 Å². The van der Waals surface area contributed by atoms with E-state index in [1.807, 2.05) is 6.07 Å². The van der Waals surface area contributed by atoms with Crippen molar-refractivity contribution in [2.45, 2.75) is 13.8 Å². The largest absolute Gasteiger partial charge is 0.481 e. The van der Waals surface area contributed by atoms with Crippen molar-refractivity contribution >= 4 is 49.4 Å². The number of hydrogen-bond acceptors (Lipinski definition) is 2. The number of aliphatic carboxylic acids is 1. The number of benzene rings is 1. The zero-order valence-corrected chi connectivity index (χ0v) is 13.1. The van der Waals surface area contributed by atoms with E-state index in [1.54, 1.807) is 19.1 Å². The van der Waals surface area contributed by atoms with Crippen LogP contribution in [0, 0.1) is 11.8 Å². The fraction of sp³-hybridized carbons (Fsp3) is 0.333. The summed E-state index contributed by atoms with van der Waals surface area (Å²) in [5.74, 6) is -2.63. The van der Waals surface area contributed by atoms with Crippen LogP contribution < -0.4 is 5.32 Å². The van der Waals surface area contributed by atoms with Gasteiger partial charge >= 0.3 is 5.97 Å². The molecule has 1 aromatic rings. The molecule has 0 aromatic heterocycles. The Bertz CT molecular complexity index is 476. The minimum Gasteiger partial charge on any atom is -0.481 e. The van der Waals surface area contributed by atoms with E-state index in [0.717, 1.165) is 8.95 Å². The lowest BCUT2D eigenvalue weighted by Crippen LogP contribution is -2.30. The molecule has 4 nitrogen and oxygen atoms in total. The van der Waals surface area contributed by atoms with Crippen LogP contribution in [-0.4, -0.2) is 17.0 Å². The lowest BCUT2D eigenvalue weighted by atomic mass is 9.95. The summed E-state index contributed by atoms with van der Waals surface area (Å²) in [6.45, 7) is 3.11. The number of halogens is 2. The fourth-order valence-corrected chi connectivity index (χ4v) is 1.99. The third-order valence-corrected chi connectivity index (χ3v) is 3.92. The van der Waals surface area contributed by atoms with E-state index in [4.69, 9.17) is 5.11 Å². The lowest BCUT2D eigenvalue weighted by Gasteiger charge is -2.16. The molecule has 0 saturated carbocycles. The summed E-state index contributed by atoms with van der Waals surface area (Å²) in [7, 11) is 0. The van der Waals surface area contributed by atoms with E-state index in [-0.39, 0.29) is 5.91 Å². The molecule has 1 amide bonds. The van der Waals surface area contributed by atoms with Crippen LogP contribution in [0.3, 0.4) is 0 Å². The molecule has 0 saturated heterocycles. The number of carbonyl (C=O) groups excluding carboxylic acids is 1. The van der Waals surface area contributed by atoms with Gasteiger partial charge in [0.05, 0.1) is 11.6 Å². The summed E-state index contributed by atoms with van der Waals surface area (Å²) in [6, 6.07) is 5.38. The molecule has 0 aliphatic heterocycles. The highest BCUT2D eigenvalue weighted by Crippen LogP contribution is 2.27. The van der Waals surface area contributed by atoms with Gasteiger partial charge in [-0.15, -0.1) is 0 Å². The van der Waals surface area contributed by atoms with Gasteiger partial charge in [0.15, 0.2) is 0 Å². The van der Waals surface area contributed by atoms with Crippen LogP contribution in [-0.2, 0) is 9.59 Å². The minimum absolute atomic E-state index is 0.316. The average Bonchev–Trinajstić information content (AvgIpc) is 2.31. The fourth-order valence-electron chi connectivity index (χ4n) is 1.28. The number of hydrogen-bond donors (Lipinski definition) is 2. The quantitative estimate of drug-likeness (QED) is 0.842. The van der Waals surface area contributed by atoms with Crippen molar-refractivity contribution in [1.82, 2.24) is 0 Å². The second kappa shape index (κ2) is 6.33. The normalized spacial score (nSPS) is 13.8. The predicted octanol–water partition coefficient (Wildman–Crippen LogP) is 3.51. The van der Waals surface area contributed by atoms with E-state index >= 15 is 0 Å². The first-order chi connectivity index (χ1) is 8.32. The molecule has 6 heteroatoms. The van der Waals surface area contributed by atoms with Crippen LogP contribution >= 0.6 is 31.9 Å². The third-order valence-electron chi connectivity index (χ3n) is 2.74. The smallest absolute Gasteiger partial charge is 0.307 e. The SMILES string of the molecule is CC(C(=O)O)C(C)C(=O)Nc1cc(Br)ccc1Br. The second-order valence-electron chi connectivity index (χ2n) is 4.03. The molecule has 0 heterocycles. The summed E-state index contributed by atoms with van der Waals surface area (Å²) in [5.41, 5.74) is 0.610. The number of rotatable bonds is 4. The summed E-state index contributed by atoms with van der Waals surface area (Å²) >= 11 is 6.63. The van der Waals surface area contributed by atoms with Crippen molar-refractivity contribution in [1.29, 1.82) is 0 Å². The summed E-state index contributed by atoms with van der Waals surface area (Å²) in [4.78, 5) is 22.7. The molecule has 0 spiro atoms. The molecular weight excluding hydrogens is 366 g/mol. The van der Waals surface area contributed by atoms with Gasteiger partial charge in [0.2, 0.25) is 5.91 Å². The average molecular weight is 379 g/mol. The maximum absolute atomic E-state index is 11.9. The van der Waals surface area contributed by atoms with Crippen molar-refractivity contribution in [3.8, 4) is 0 Å². The van der Waals surface area contributed by atoms with Crippen LogP contribution in [0.2, 0.25) is 0 Å². The molecule has 0 fully saturated rings. The first-order valence-corrected chi connectivity index (χ1v) is 6.90. The third kappa shape index (κ3) is 3.81. The minimum atomic E-state index is -0.981. The van der Waals surface area contributed by atoms with Crippen molar-refractivity contribution in [2.24, 2.45) is 11.8 Å². The Kier molecular flexibility index (Phi) is 5.34.